The van der Waals surface area contributed by atoms with Crippen LogP contribution in [0.2, 0.25) is 0 Å². The summed E-state index contributed by atoms with van der Waals surface area (Å²) >= 11 is 1.22. The summed E-state index contributed by atoms with van der Waals surface area (Å²) in [6, 6.07) is 5.92. The molecule has 2 aliphatic rings. The van der Waals surface area contributed by atoms with E-state index in [0.29, 0.717) is 0 Å². The average Bonchev–Trinajstić information content (AvgIpc) is 2.41. The Balaban J connectivity index is 2.25. The normalized spacial score (nSPS) is 32.0. The van der Waals surface area contributed by atoms with Crippen LogP contribution in [0.15, 0.2) is 29.3 Å². The topological polar surface area (TPSA) is 38.4 Å². The summed E-state index contributed by atoms with van der Waals surface area (Å²) in [6.45, 7) is 1.80. The van der Waals surface area contributed by atoms with Crippen LogP contribution in [0.25, 0.3) is 0 Å². The van der Waals surface area contributed by atoms with Gasteiger partial charge in [-0.05, 0) is 6.07 Å². The molecule has 1 aliphatic carbocycles. The van der Waals surface area contributed by atoms with Crippen molar-refractivity contribution in [2.75, 3.05) is 0 Å². The van der Waals surface area contributed by atoms with Crippen molar-refractivity contribution >= 4 is 16.9 Å². The Morgan fingerprint density at radius 2 is 2.00 bits per heavy atom. The molecule has 2 atom stereocenters. The molecule has 1 saturated carbocycles. The number of alkyl halides is 2. The van der Waals surface area contributed by atoms with Gasteiger partial charge in [-0.15, -0.1) is 6.42 Å². The molecule has 0 saturated heterocycles. The van der Waals surface area contributed by atoms with Crippen LogP contribution < -0.4 is 5.73 Å². The number of hydrogen-bond donors (Lipinski definition) is 1. The number of amidine groups is 1. The molecule has 0 amide bonds. The van der Waals surface area contributed by atoms with E-state index >= 15 is 0 Å². The van der Waals surface area contributed by atoms with Crippen molar-refractivity contribution in [3.05, 3.63) is 35.6 Å². The van der Waals surface area contributed by atoms with E-state index in [1.54, 1.807) is 13.0 Å². The molecule has 2 nitrogen and oxygen atoms in total. The number of nitrogens with zero attached hydrogens (tertiary/aromatic N) is 1. The molecule has 2 N–H and O–H groups in total. The standard InChI is InChI=1S/C16H15F3N2S/c1-3-16(11-6-4-5-7-12(11)17)14(8-15(18,19)9-14)10(2)22-13(20)21-16/h1,4-7,10H,8-9H2,2H3,(H2,20,21)/t10-,16-/m1/s1. The van der Waals surface area contributed by atoms with E-state index in [9.17, 15) is 13.2 Å². The van der Waals surface area contributed by atoms with E-state index in [4.69, 9.17) is 12.2 Å². The van der Waals surface area contributed by atoms with Crippen LogP contribution >= 0.6 is 11.8 Å². The molecule has 0 aromatic heterocycles. The van der Waals surface area contributed by atoms with Gasteiger partial charge in [0.1, 0.15) is 5.82 Å². The van der Waals surface area contributed by atoms with Crippen molar-refractivity contribution in [1.29, 1.82) is 0 Å². The molecule has 1 aromatic rings. The van der Waals surface area contributed by atoms with Gasteiger partial charge in [-0.25, -0.2) is 18.2 Å². The predicted octanol–water partition coefficient (Wildman–Crippen LogP) is 3.52. The summed E-state index contributed by atoms with van der Waals surface area (Å²) in [5.41, 5.74) is 3.49. The first kappa shape index (κ1) is 15.3. The fourth-order valence-electron chi connectivity index (χ4n) is 3.64. The largest absolute Gasteiger partial charge is 0.378 e. The summed E-state index contributed by atoms with van der Waals surface area (Å²) in [7, 11) is 0. The van der Waals surface area contributed by atoms with Crippen LogP contribution in [-0.4, -0.2) is 16.3 Å². The van der Waals surface area contributed by atoms with Gasteiger partial charge in [0.25, 0.3) is 0 Å². The molecule has 6 heteroatoms. The van der Waals surface area contributed by atoms with Crippen LogP contribution in [0.3, 0.4) is 0 Å². The molecule has 3 rings (SSSR count). The lowest BCUT2D eigenvalue weighted by Crippen LogP contribution is -2.64. The van der Waals surface area contributed by atoms with Gasteiger partial charge in [0, 0.05) is 29.1 Å². The number of nitrogens with two attached hydrogens (primary N) is 1. The molecule has 1 spiro atoms. The third-order valence-electron chi connectivity index (χ3n) is 4.69. The maximum Gasteiger partial charge on any atom is 0.249 e. The van der Waals surface area contributed by atoms with Crippen LogP contribution in [-0.2, 0) is 5.54 Å². The number of rotatable bonds is 1. The van der Waals surface area contributed by atoms with E-state index < -0.39 is 35.5 Å². The number of terminal acetylenes is 1. The summed E-state index contributed by atoms with van der Waals surface area (Å²) in [5, 5.41) is -0.0742. The Labute approximate surface area is 131 Å². The molecular weight excluding hydrogens is 309 g/mol. The second kappa shape index (κ2) is 4.69. The third kappa shape index (κ3) is 1.88. The molecule has 1 aromatic carbocycles. The number of benzene rings is 1. The summed E-state index contributed by atoms with van der Waals surface area (Å²) in [4.78, 5) is 4.30. The zero-order valence-electron chi connectivity index (χ0n) is 11.9. The third-order valence-corrected chi connectivity index (χ3v) is 5.83. The zero-order valence-corrected chi connectivity index (χ0v) is 12.8. The van der Waals surface area contributed by atoms with Crippen molar-refractivity contribution in [2.24, 2.45) is 16.1 Å². The zero-order chi connectivity index (χ0) is 16.2. The maximum atomic E-state index is 14.4. The lowest BCUT2D eigenvalue weighted by Gasteiger charge is -2.59. The first-order chi connectivity index (χ1) is 10.3. The second-order valence-electron chi connectivity index (χ2n) is 5.91. The highest BCUT2D eigenvalue weighted by molar-refractivity contribution is 8.14. The van der Waals surface area contributed by atoms with E-state index in [1.165, 1.54) is 30.0 Å². The Hall–Kier alpha value is -1.61. The molecule has 0 unspecified atom stereocenters. The number of thioether (sulfide) groups is 1. The van der Waals surface area contributed by atoms with Gasteiger partial charge in [-0.2, -0.15) is 0 Å². The van der Waals surface area contributed by atoms with E-state index in [1.807, 2.05) is 0 Å². The summed E-state index contributed by atoms with van der Waals surface area (Å²) in [5.74, 6) is -0.840. The smallest absolute Gasteiger partial charge is 0.249 e. The van der Waals surface area contributed by atoms with Gasteiger partial charge < -0.3 is 5.73 Å². The minimum Gasteiger partial charge on any atom is -0.378 e. The van der Waals surface area contributed by atoms with Crippen molar-refractivity contribution in [2.45, 2.75) is 36.5 Å². The van der Waals surface area contributed by atoms with Crippen LogP contribution in [0, 0.1) is 23.6 Å². The van der Waals surface area contributed by atoms with E-state index in [2.05, 4.69) is 10.9 Å². The maximum absolute atomic E-state index is 14.4. The molecule has 1 heterocycles. The highest BCUT2D eigenvalue weighted by Crippen LogP contribution is 2.67. The summed E-state index contributed by atoms with van der Waals surface area (Å²) < 4.78 is 41.7. The SMILES string of the molecule is C#C[C@]1(c2ccccc2F)N=C(N)S[C@H](C)C12CC(F)(F)C2. The van der Waals surface area contributed by atoms with Gasteiger partial charge in [0.15, 0.2) is 10.7 Å². The lowest BCUT2D eigenvalue weighted by molar-refractivity contribution is -0.181. The number of halogens is 3. The molecule has 116 valence electrons. The molecule has 0 radical (unpaired) electrons. The Morgan fingerprint density at radius 3 is 2.55 bits per heavy atom. The number of aliphatic imine (C=N–C) groups is 1. The predicted molar refractivity (Wildman–Crippen MR) is 82.2 cm³/mol. The number of hydrogen-bond acceptors (Lipinski definition) is 3. The van der Waals surface area contributed by atoms with Crippen molar-refractivity contribution < 1.29 is 13.2 Å². The monoisotopic (exact) mass is 324 g/mol. The van der Waals surface area contributed by atoms with Crippen molar-refractivity contribution in [3.8, 4) is 12.3 Å². The fraction of sp³-hybridized carbons (Fsp3) is 0.438. The first-order valence-corrected chi connectivity index (χ1v) is 7.77. The van der Waals surface area contributed by atoms with Gasteiger partial charge in [-0.3, -0.25) is 0 Å². The van der Waals surface area contributed by atoms with Gasteiger partial charge in [0.2, 0.25) is 5.92 Å². The van der Waals surface area contributed by atoms with Gasteiger partial charge in [-0.1, -0.05) is 42.8 Å². The fourth-order valence-corrected chi connectivity index (χ4v) is 4.76. The van der Waals surface area contributed by atoms with E-state index in [-0.39, 0.29) is 16.0 Å². The first-order valence-electron chi connectivity index (χ1n) is 6.89. The minimum atomic E-state index is -2.80. The van der Waals surface area contributed by atoms with Crippen LogP contribution in [0.4, 0.5) is 13.2 Å². The van der Waals surface area contributed by atoms with Gasteiger partial charge in [0.05, 0.1) is 0 Å². The second-order valence-corrected chi connectivity index (χ2v) is 7.27. The van der Waals surface area contributed by atoms with Crippen LogP contribution in [0.5, 0.6) is 0 Å². The Bertz CT molecular complexity index is 687. The van der Waals surface area contributed by atoms with Crippen molar-refractivity contribution in [1.82, 2.24) is 0 Å². The molecular formula is C16H15F3N2S. The van der Waals surface area contributed by atoms with Crippen molar-refractivity contribution in [3.63, 3.8) is 0 Å². The summed E-state index contributed by atoms with van der Waals surface area (Å²) in [6.07, 6.45) is 4.88. The average molecular weight is 324 g/mol. The molecule has 1 fully saturated rings. The highest BCUT2D eigenvalue weighted by atomic mass is 32.2. The minimum absolute atomic E-state index is 0.142. The lowest BCUT2D eigenvalue weighted by atomic mass is 9.52. The van der Waals surface area contributed by atoms with Gasteiger partial charge >= 0.3 is 0 Å². The molecule has 0 bridgehead atoms. The molecule has 22 heavy (non-hydrogen) atoms. The Morgan fingerprint density at radius 1 is 1.36 bits per heavy atom. The Kier molecular flexibility index (Phi) is 3.26. The quantitative estimate of drug-likeness (QED) is 0.803. The highest BCUT2D eigenvalue weighted by Gasteiger charge is 2.70. The molecule has 1 aliphatic heterocycles. The van der Waals surface area contributed by atoms with E-state index in [0.717, 1.165) is 0 Å². The van der Waals surface area contributed by atoms with Crippen LogP contribution in [0.1, 0.15) is 25.3 Å².